The van der Waals surface area contributed by atoms with Gasteiger partial charge >= 0.3 is 12.6 Å². The van der Waals surface area contributed by atoms with E-state index in [1.165, 1.54) is 24.5 Å². The van der Waals surface area contributed by atoms with Crippen molar-refractivity contribution in [2.45, 2.75) is 76.9 Å². The van der Waals surface area contributed by atoms with E-state index in [9.17, 15) is 13.6 Å². The summed E-state index contributed by atoms with van der Waals surface area (Å²) < 4.78 is 34.5. The number of rotatable bonds is 6. The van der Waals surface area contributed by atoms with Crippen molar-refractivity contribution in [2.75, 3.05) is 0 Å². The largest absolute Gasteiger partial charge is 0.459 e. The maximum absolute atomic E-state index is 12.3. The van der Waals surface area contributed by atoms with Crippen molar-refractivity contribution in [2.24, 2.45) is 11.8 Å². The molecule has 1 aromatic rings. The van der Waals surface area contributed by atoms with Crippen molar-refractivity contribution in [3.63, 3.8) is 0 Å². The average molecular weight is 392 g/mol. The molecule has 3 nitrogen and oxygen atoms in total. The summed E-state index contributed by atoms with van der Waals surface area (Å²) in [6, 6.07) is 7.13. The third-order valence-corrected chi connectivity index (χ3v) is 6.32. The predicted octanol–water partition coefficient (Wildman–Crippen LogP) is 6.24. The van der Waals surface area contributed by atoms with Crippen LogP contribution in [0.4, 0.5) is 8.78 Å². The van der Waals surface area contributed by atoms with Gasteiger partial charge in [0.1, 0.15) is 11.9 Å². The first-order chi connectivity index (χ1) is 13.5. The van der Waals surface area contributed by atoms with E-state index in [1.54, 1.807) is 18.2 Å². The van der Waals surface area contributed by atoms with Crippen LogP contribution in [0, 0.1) is 11.8 Å². The molecule has 0 spiro atoms. The average Bonchev–Trinajstić information content (AvgIpc) is 2.69. The summed E-state index contributed by atoms with van der Waals surface area (Å²) in [6.45, 7) is -0.955. The molecule has 0 aromatic heterocycles. The minimum Gasteiger partial charge on any atom is -0.459 e. The number of carbonyl (C=O) groups excluding carboxylic acids is 1. The van der Waals surface area contributed by atoms with E-state index < -0.39 is 6.61 Å². The van der Waals surface area contributed by atoms with Crippen LogP contribution in [0.5, 0.6) is 5.75 Å². The second-order valence-corrected chi connectivity index (χ2v) is 8.03. The molecule has 0 aliphatic heterocycles. The molecule has 5 heteroatoms. The van der Waals surface area contributed by atoms with Crippen LogP contribution in [0.1, 0.15) is 69.8 Å². The van der Waals surface area contributed by atoms with Crippen LogP contribution in [-0.4, -0.2) is 18.7 Å². The number of benzene rings is 1. The lowest BCUT2D eigenvalue weighted by molar-refractivity contribution is -0.145. The monoisotopic (exact) mass is 392 g/mol. The third kappa shape index (κ3) is 5.79. The fourth-order valence-electron chi connectivity index (χ4n) is 4.86. The molecule has 28 heavy (non-hydrogen) atoms. The molecule has 3 rings (SSSR count). The third-order valence-electron chi connectivity index (χ3n) is 6.32. The molecule has 2 aliphatic rings. The Hall–Kier alpha value is -1.91. The summed E-state index contributed by atoms with van der Waals surface area (Å²) in [5.74, 6) is 2.00. The molecule has 2 saturated carbocycles. The Morgan fingerprint density at radius 3 is 2.07 bits per heavy atom. The molecule has 0 unspecified atom stereocenters. The first-order valence-corrected chi connectivity index (χ1v) is 10.4. The summed E-state index contributed by atoms with van der Waals surface area (Å²) in [4.78, 5) is 11.6. The smallest absolute Gasteiger partial charge is 0.387 e. The normalized spacial score (nSPS) is 28.4. The molecule has 0 atom stereocenters. The zero-order chi connectivity index (χ0) is 19.9. The van der Waals surface area contributed by atoms with Crippen molar-refractivity contribution < 1.29 is 23.0 Å². The van der Waals surface area contributed by atoms with Crippen molar-refractivity contribution in [3.05, 3.63) is 42.0 Å². The lowest BCUT2D eigenvalue weighted by Gasteiger charge is -2.37. The van der Waals surface area contributed by atoms with Crippen LogP contribution in [0.25, 0.3) is 0 Å². The quantitative estimate of drug-likeness (QED) is 0.425. The minimum atomic E-state index is -2.77. The van der Waals surface area contributed by atoms with Gasteiger partial charge in [-0.25, -0.2) is 4.79 Å². The molecule has 0 N–H and O–H groups in total. The summed E-state index contributed by atoms with van der Waals surface area (Å²) in [5.41, 5.74) is 1.22. The van der Waals surface area contributed by atoms with Gasteiger partial charge in [-0.2, -0.15) is 8.78 Å². The Labute approximate surface area is 166 Å². The highest BCUT2D eigenvalue weighted by Gasteiger charge is 2.32. The fraction of sp³-hybridized carbons (Fsp3) is 0.609. The molecule has 2 fully saturated rings. The zero-order valence-electron chi connectivity index (χ0n) is 16.5. The molecule has 2 aliphatic carbocycles. The zero-order valence-corrected chi connectivity index (χ0v) is 16.5. The fourth-order valence-corrected chi connectivity index (χ4v) is 4.86. The molecular formula is C23H30F2O3. The van der Waals surface area contributed by atoms with Gasteiger partial charge in [0.2, 0.25) is 0 Å². The predicted molar refractivity (Wildman–Crippen MR) is 104 cm³/mol. The molecule has 0 heterocycles. The molecule has 0 amide bonds. The van der Waals surface area contributed by atoms with E-state index in [0.29, 0.717) is 5.92 Å². The van der Waals surface area contributed by atoms with Gasteiger partial charge in [-0.1, -0.05) is 18.2 Å². The molecule has 0 saturated heterocycles. The molecule has 0 bridgehead atoms. The first-order valence-electron chi connectivity index (χ1n) is 10.4. The van der Waals surface area contributed by atoms with Crippen molar-refractivity contribution in [1.82, 2.24) is 0 Å². The van der Waals surface area contributed by atoms with Crippen LogP contribution in [0.3, 0.4) is 0 Å². The highest BCUT2D eigenvalue weighted by atomic mass is 19.3. The lowest BCUT2D eigenvalue weighted by Crippen LogP contribution is -2.29. The van der Waals surface area contributed by atoms with Gasteiger partial charge in [0.15, 0.2) is 0 Å². The summed E-state index contributed by atoms with van der Waals surface area (Å²) in [7, 11) is 0. The Bertz CT molecular complexity index is 640. The molecular weight excluding hydrogens is 362 g/mol. The number of esters is 1. The van der Waals surface area contributed by atoms with Gasteiger partial charge in [0.05, 0.1) is 0 Å². The molecule has 154 valence electrons. The van der Waals surface area contributed by atoms with Crippen molar-refractivity contribution in [3.8, 4) is 5.75 Å². The number of alkyl halides is 2. The standard InChI is InChI=1S/C23H30F2O3/c1-2-3-22(26)27-20-12-8-18(9-13-20)16-4-6-17(7-5-16)19-10-14-21(15-11-19)28-23(24)25/h2-3,10-11,14-18,20,23H,4-9,12-13H2,1H3/b3-2+. The Kier molecular flexibility index (Phi) is 7.46. The first kappa shape index (κ1) is 20.8. The Balaban J connectivity index is 1.42. The lowest BCUT2D eigenvalue weighted by atomic mass is 9.69. The van der Waals surface area contributed by atoms with Crippen molar-refractivity contribution >= 4 is 5.97 Å². The van der Waals surface area contributed by atoms with Crippen molar-refractivity contribution in [1.29, 1.82) is 0 Å². The number of ether oxygens (including phenoxy) is 2. The van der Waals surface area contributed by atoms with Gasteiger partial charge < -0.3 is 9.47 Å². The summed E-state index contributed by atoms with van der Waals surface area (Å²) in [6.07, 6.45) is 12.2. The SMILES string of the molecule is C/C=C/C(=O)OC1CCC(C2CCC(c3ccc(OC(F)F)cc3)CC2)CC1. The Morgan fingerprint density at radius 1 is 0.964 bits per heavy atom. The van der Waals surface area contributed by atoms with E-state index in [0.717, 1.165) is 50.4 Å². The topological polar surface area (TPSA) is 35.5 Å². The van der Waals surface area contributed by atoms with Gasteiger partial charge in [-0.15, -0.1) is 0 Å². The van der Waals surface area contributed by atoms with E-state index in [2.05, 4.69) is 4.74 Å². The highest BCUT2D eigenvalue weighted by molar-refractivity contribution is 5.81. The van der Waals surface area contributed by atoms with Gasteiger partial charge in [0, 0.05) is 6.08 Å². The highest BCUT2D eigenvalue weighted by Crippen LogP contribution is 2.43. The summed E-state index contributed by atoms with van der Waals surface area (Å²) >= 11 is 0. The number of halogens is 2. The molecule has 0 radical (unpaired) electrons. The second-order valence-electron chi connectivity index (χ2n) is 8.03. The van der Waals surface area contributed by atoms with E-state index in [-0.39, 0.29) is 17.8 Å². The minimum absolute atomic E-state index is 0.0743. The van der Waals surface area contributed by atoms with Crippen LogP contribution < -0.4 is 4.74 Å². The number of carbonyl (C=O) groups is 1. The summed E-state index contributed by atoms with van der Waals surface area (Å²) in [5, 5.41) is 0. The van der Waals surface area contributed by atoms with E-state index in [4.69, 9.17) is 4.74 Å². The number of hydrogen-bond donors (Lipinski definition) is 0. The molecule has 1 aromatic carbocycles. The van der Waals surface area contributed by atoms with E-state index >= 15 is 0 Å². The second kappa shape index (κ2) is 10.0. The van der Waals surface area contributed by atoms with E-state index in [1.807, 2.05) is 19.1 Å². The van der Waals surface area contributed by atoms with Gasteiger partial charge in [0.25, 0.3) is 0 Å². The van der Waals surface area contributed by atoms with Crippen LogP contribution in [0.15, 0.2) is 36.4 Å². The maximum Gasteiger partial charge on any atom is 0.387 e. The van der Waals surface area contributed by atoms with Crippen LogP contribution in [-0.2, 0) is 9.53 Å². The maximum atomic E-state index is 12.3. The van der Waals surface area contributed by atoms with Gasteiger partial charge in [-0.05, 0) is 93.7 Å². The Morgan fingerprint density at radius 2 is 1.54 bits per heavy atom. The number of hydrogen-bond acceptors (Lipinski definition) is 3. The van der Waals surface area contributed by atoms with Gasteiger partial charge in [-0.3, -0.25) is 0 Å². The van der Waals surface area contributed by atoms with Crippen LogP contribution >= 0.6 is 0 Å². The van der Waals surface area contributed by atoms with Crippen LogP contribution in [0.2, 0.25) is 0 Å². The number of allylic oxidation sites excluding steroid dienone is 1.